The summed E-state index contributed by atoms with van der Waals surface area (Å²) in [5.74, 6) is -1.66. The molecule has 0 N–H and O–H groups in total. The van der Waals surface area contributed by atoms with Crippen molar-refractivity contribution in [1.82, 2.24) is 0 Å². The first-order valence-corrected chi connectivity index (χ1v) is 37.3. The Morgan fingerprint density at radius 2 is 0.514 bits per heavy atom. The Bertz CT molecular complexity index is 4290. The van der Waals surface area contributed by atoms with Crippen LogP contribution in [0.25, 0.3) is 0 Å². The normalized spacial score (nSPS) is 24.0. The number of methoxy groups -OCH3 is 1. The van der Waals surface area contributed by atoms with Crippen LogP contribution in [0.3, 0.4) is 0 Å². The molecule has 3 aliphatic rings. The molecule has 0 radical (unpaired) electrons. The van der Waals surface area contributed by atoms with Crippen LogP contribution in [0.5, 0.6) is 0 Å². The van der Waals surface area contributed by atoms with E-state index in [1.807, 2.05) is 243 Å². The van der Waals surface area contributed by atoms with E-state index in [1.165, 1.54) is 31.4 Å². The van der Waals surface area contributed by atoms with Crippen molar-refractivity contribution in [3.05, 3.63) is 357 Å². The second-order valence-corrected chi connectivity index (χ2v) is 27.5. The third kappa shape index (κ3) is 22.5. The summed E-state index contributed by atoms with van der Waals surface area (Å²) in [6, 6.07) is 90.4. The fourth-order valence-electron chi connectivity index (χ4n) is 13.3. The van der Waals surface area contributed by atoms with Gasteiger partial charge in [0.25, 0.3) is 0 Å². The van der Waals surface area contributed by atoms with E-state index in [2.05, 4.69) is 0 Å². The molecule has 3 saturated heterocycles. The number of esters is 2. The number of hydrogen-bond acceptors (Lipinski definition) is 18. The van der Waals surface area contributed by atoms with E-state index in [0.717, 1.165) is 44.5 Å². The average Bonchev–Trinajstić information content (AvgIpc) is 0.763. The summed E-state index contributed by atoms with van der Waals surface area (Å²) < 4.78 is 112. The number of halogens is 2. The van der Waals surface area contributed by atoms with Gasteiger partial charge in [0.15, 0.2) is 31.1 Å². The van der Waals surface area contributed by atoms with Crippen molar-refractivity contribution >= 4 is 35.1 Å². The highest BCUT2D eigenvalue weighted by Crippen LogP contribution is 2.38. The second-order valence-electron chi connectivity index (χ2n) is 26.6. The zero-order chi connectivity index (χ0) is 74.8. The molecule has 18 nitrogen and oxygen atoms in total. The van der Waals surface area contributed by atoms with Crippen molar-refractivity contribution in [2.24, 2.45) is 0 Å². The number of carbonyl (C=O) groups is 2. The van der Waals surface area contributed by atoms with Crippen molar-refractivity contribution < 1.29 is 85.4 Å². The van der Waals surface area contributed by atoms with Gasteiger partial charge in [-0.1, -0.05) is 266 Å². The molecule has 0 amide bonds. The summed E-state index contributed by atoms with van der Waals surface area (Å²) in [4.78, 5) is 30.2. The zero-order valence-corrected chi connectivity index (χ0v) is 61.8. The third-order valence-electron chi connectivity index (χ3n) is 18.9. The standard InChI is InChI=1S/C89H88Cl2O18/c1-94-87-82(101-56-67-38-22-8-23-39-67)79(99-54-65-34-18-6-19-35-65)77(97-52-63-30-14-4-15-31-63)74(105-87)59-104-89-84(109-86(93)70-44-48-72(91)49-45-70)81(108-85(92)69-42-46-71(90)47-43-69)78(98-53-64-32-16-5-17-33-64)75(107-89)60-103-88-83(102-57-68-40-24-9-25-41-68)80(100-55-66-36-20-7-21-37-66)76(96-51-62-28-12-3-13-29-62)73(106-88)58-95-50-61-26-10-2-11-27-61/h2-49,73-84,87-89H,50-60H2,1H3/t73-,74-,75-,76-,77-,78-,79+,80+,81+,82-,83-,84-,87+,88-,89-/m1/s1. The molecule has 15 atom stereocenters. The van der Waals surface area contributed by atoms with E-state index in [0.29, 0.717) is 10.0 Å². The molecule has 0 bridgehead atoms. The van der Waals surface area contributed by atoms with E-state index in [4.69, 9.17) is 99.0 Å². The summed E-state index contributed by atoms with van der Waals surface area (Å²) >= 11 is 12.9. The lowest BCUT2D eigenvalue weighted by Crippen LogP contribution is -2.65. The predicted octanol–water partition coefficient (Wildman–Crippen LogP) is 15.9. The van der Waals surface area contributed by atoms with Gasteiger partial charge < -0.3 is 75.8 Å². The van der Waals surface area contributed by atoms with Gasteiger partial charge in [-0.05, 0) is 93.0 Å². The van der Waals surface area contributed by atoms with Gasteiger partial charge in [-0.15, -0.1) is 0 Å². The van der Waals surface area contributed by atoms with E-state index >= 15 is 9.59 Å². The highest BCUT2D eigenvalue weighted by molar-refractivity contribution is 6.31. The minimum absolute atomic E-state index is 0.0220. The van der Waals surface area contributed by atoms with Crippen LogP contribution < -0.4 is 0 Å². The van der Waals surface area contributed by atoms with Crippen molar-refractivity contribution in [3.63, 3.8) is 0 Å². The van der Waals surface area contributed by atoms with Gasteiger partial charge in [0.2, 0.25) is 0 Å². The van der Waals surface area contributed by atoms with Crippen molar-refractivity contribution in [2.75, 3.05) is 26.9 Å². The van der Waals surface area contributed by atoms with Crippen LogP contribution in [0.1, 0.15) is 65.2 Å². The predicted molar refractivity (Wildman–Crippen MR) is 407 cm³/mol. The van der Waals surface area contributed by atoms with Crippen molar-refractivity contribution in [2.45, 2.75) is 145 Å². The molecule has 0 spiro atoms. The maximum Gasteiger partial charge on any atom is 0.338 e. The molecule has 3 aliphatic heterocycles. The summed E-state index contributed by atoms with van der Waals surface area (Å²) in [5.41, 5.74) is 7.27. The summed E-state index contributed by atoms with van der Waals surface area (Å²) in [7, 11) is 1.53. The molecule has 3 fully saturated rings. The molecule has 566 valence electrons. The van der Waals surface area contributed by atoms with Gasteiger partial charge in [-0.3, -0.25) is 0 Å². The van der Waals surface area contributed by atoms with Gasteiger partial charge in [-0.2, -0.15) is 0 Å². The van der Waals surface area contributed by atoms with Crippen LogP contribution in [0.15, 0.2) is 291 Å². The van der Waals surface area contributed by atoms with Crippen molar-refractivity contribution in [3.8, 4) is 0 Å². The summed E-state index contributed by atoms with van der Waals surface area (Å²) in [5, 5.41) is 0.753. The zero-order valence-electron chi connectivity index (χ0n) is 60.3. The second kappa shape index (κ2) is 40.7. The minimum Gasteiger partial charge on any atom is -0.452 e. The molecule has 20 heteroatoms. The first kappa shape index (κ1) is 78.3. The van der Waals surface area contributed by atoms with Gasteiger partial charge in [-0.25, -0.2) is 9.59 Å². The quantitative estimate of drug-likeness (QED) is 0.0338. The van der Waals surface area contributed by atoms with E-state index in [1.54, 1.807) is 24.3 Å². The smallest absolute Gasteiger partial charge is 0.338 e. The van der Waals surface area contributed by atoms with Gasteiger partial charge in [0.1, 0.15) is 61.0 Å². The molecule has 13 rings (SSSR count). The minimum atomic E-state index is -1.64. The molecule has 10 aromatic rings. The Labute approximate surface area is 645 Å². The van der Waals surface area contributed by atoms with E-state index in [9.17, 15) is 0 Å². The first-order chi connectivity index (χ1) is 53.6. The summed E-state index contributed by atoms with van der Waals surface area (Å²) in [6.45, 7) is 0.352. The van der Waals surface area contributed by atoms with Crippen LogP contribution in [0, 0.1) is 0 Å². The first-order valence-electron chi connectivity index (χ1n) is 36.5. The highest BCUT2D eigenvalue weighted by atomic mass is 35.5. The lowest BCUT2D eigenvalue weighted by molar-refractivity contribution is -0.355. The van der Waals surface area contributed by atoms with Crippen LogP contribution in [0.4, 0.5) is 0 Å². The van der Waals surface area contributed by atoms with Gasteiger partial charge in [0, 0.05) is 17.2 Å². The SMILES string of the molecule is CO[C@H]1O[C@H](CO[C@@H]2O[C@H](CO[C@@H]3O[C@H](COCc4ccccc4)[C@@H](OCc4ccccc4)[C@H](OCc4ccccc4)[C@H]3OCc3ccccc3)[C@@H](OCc3ccccc3)[C@H](OC(=O)c3ccc(Cl)cc3)[C@H]2OC(=O)c2ccc(Cl)cc2)[C@@H](OCc2ccccc2)[C@H](OCc2ccccc2)[C@H]1OCc1ccccc1. The molecule has 10 aromatic carbocycles. The molecule has 0 unspecified atom stereocenters. The monoisotopic (exact) mass is 1510 g/mol. The lowest BCUT2D eigenvalue weighted by Gasteiger charge is -2.48. The van der Waals surface area contributed by atoms with Gasteiger partial charge in [0.05, 0.1) is 83.8 Å². The number of benzene rings is 10. The number of hydrogen-bond donors (Lipinski definition) is 0. The fourth-order valence-corrected chi connectivity index (χ4v) is 13.5. The maximum absolute atomic E-state index is 15.2. The average molecular weight is 1520 g/mol. The third-order valence-corrected chi connectivity index (χ3v) is 19.4. The van der Waals surface area contributed by atoms with Crippen LogP contribution >= 0.6 is 23.2 Å². The van der Waals surface area contributed by atoms with Gasteiger partial charge >= 0.3 is 11.9 Å². The van der Waals surface area contributed by atoms with Crippen molar-refractivity contribution in [1.29, 1.82) is 0 Å². The highest BCUT2D eigenvalue weighted by Gasteiger charge is 2.56. The Morgan fingerprint density at radius 3 is 0.835 bits per heavy atom. The molecular formula is C89H88Cl2O18. The number of carbonyl (C=O) groups excluding carboxylic acids is 2. The molecule has 109 heavy (non-hydrogen) atoms. The molecule has 0 aromatic heterocycles. The Morgan fingerprint density at radius 1 is 0.266 bits per heavy atom. The topological polar surface area (TPSA) is 182 Å². The largest absolute Gasteiger partial charge is 0.452 e. The van der Waals surface area contributed by atoms with Crippen LogP contribution in [-0.2, 0) is 129 Å². The van der Waals surface area contributed by atoms with Crippen LogP contribution in [-0.4, -0.2) is 131 Å². The Hall–Kier alpha value is -8.84. The molecule has 0 saturated carbocycles. The number of rotatable bonds is 36. The summed E-state index contributed by atoms with van der Waals surface area (Å²) in [6.07, 6.45) is -17.2. The Kier molecular flexibility index (Phi) is 29.3. The number of ether oxygens (including phenoxy) is 16. The van der Waals surface area contributed by atoms with E-state index < -0.39 is 104 Å². The molecule has 0 aliphatic carbocycles. The molecular weight excluding hydrogens is 1430 g/mol. The molecule has 3 heterocycles. The Balaban J connectivity index is 0.903. The fraction of sp³-hybridized carbons (Fsp3) is 0.303. The van der Waals surface area contributed by atoms with E-state index in [-0.39, 0.29) is 83.8 Å². The van der Waals surface area contributed by atoms with Crippen LogP contribution in [0.2, 0.25) is 10.0 Å². The lowest BCUT2D eigenvalue weighted by atomic mass is 9.96. The maximum atomic E-state index is 15.2.